The first kappa shape index (κ1) is 46.3. The monoisotopic (exact) mass is 726 g/mol. The fourth-order valence-corrected chi connectivity index (χ4v) is 8.36. The first-order valence-electron chi connectivity index (χ1n) is 16.5. The molecule has 0 radical (unpaired) electrons. The largest absolute Gasteiger partial charge is 0.255 e. The minimum atomic E-state index is -0.333. The summed E-state index contributed by atoms with van der Waals surface area (Å²) in [6.45, 7) is 13.4. The van der Waals surface area contributed by atoms with E-state index in [2.05, 4.69) is 195 Å². The van der Waals surface area contributed by atoms with Crippen LogP contribution in [0.4, 0.5) is 13.2 Å². The van der Waals surface area contributed by atoms with Gasteiger partial charge in [-0.25, -0.2) is 4.39 Å². The highest BCUT2D eigenvalue weighted by Gasteiger charge is 2.28. The van der Waals surface area contributed by atoms with Gasteiger partial charge in [-0.3, -0.25) is 8.78 Å². The molecule has 6 rings (SSSR count). The molecular formula is C46H53F3S2+2. The lowest BCUT2D eigenvalue weighted by atomic mass is 10.4. The Morgan fingerprint density at radius 2 is 0.510 bits per heavy atom. The maximum atomic E-state index is 10.8. The van der Waals surface area contributed by atoms with Gasteiger partial charge in [0.05, 0.1) is 42.0 Å². The summed E-state index contributed by atoms with van der Waals surface area (Å²) in [7, 11) is 0.971. The van der Waals surface area contributed by atoms with Crippen molar-refractivity contribution in [1.82, 2.24) is 0 Å². The third kappa shape index (κ3) is 18.7. The van der Waals surface area contributed by atoms with Crippen molar-refractivity contribution >= 4 is 21.8 Å². The van der Waals surface area contributed by atoms with Crippen LogP contribution in [0.15, 0.2) is 236 Å². The number of benzene rings is 6. The van der Waals surface area contributed by atoms with Crippen LogP contribution in [0.1, 0.15) is 27.7 Å². The number of hydrogen-bond acceptors (Lipinski definition) is 0. The second-order valence-electron chi connectivity index (χ2n) is 9.58. The van der Waals surface area contributed by atoms with Gasteiger partial charge in [-0.15, -0.1) is 6.58 Å². The van der Waals surface area contributed by atoms with Gasteiger partial charge in [0.1, 0.15) is 0 Å². The van der Waals surface area contributed by atoms with Crippen molar-refractivity contribution in [3.63, 3.8) is 0 Å². The van der Waals surface area contributed by atoms with Gasteiger partial charge in [-0.1, -0.05) is 136 Å². The molecule has 0 bridgehead atoms. The lowest BCUT2D eigenvalue weighted by Gasteiger charge is -2.07. The standard InChI is InChI=1S/2C18H15S.C3H5F.C3H6.C2H6.2CH3F/c2*1-4-10-16(11-5-1)19(17-12-6-2-7-13-17)18-14-8-3-9-15-18;1-3(2)4;1-3-2;3*1-2/h2*1-15H;1H2,2H3;3H,1H2,2H3;1-2H3;2*1H3/q2*+1;;;;;. The smallest absolute Gasteiger partial charge is 0.166 e. The molecule has 0 unspecified atom stereocenters. The predicted octanol–water partition coefficient (Wildman–Crippen LogP) is 14.4. The Morgan fingerprint density at radius 1 is 0.412 bits per heavy atom. The number of halogens is 3. The predicted molar refractivity (Wildman–Crippen MR) is 220 cm³/mol. The highest BCUT2D eigenvalue weighted by Crippen LogP contribution is 2.31. The van der Waals surface area contributed by atoms with Crippen molar-refractivity contribution in [3.05, 3.63) is 207 Å². The molecule has 0 nitrogen and oxygen atoms in total. The minimum absolute atomic E-state index is 0.0146. The summed E-state index contributed by atoms with van der Waals surface area (Å²) in [6.07, 6.45) is 1.75. The number of allylic oxidation sites excluding steroid dienone is 2. The molecule has 0 aromatic heterocycles. The van der Waals surface area contributed by atoms with Crippen molar-refractivity contribution in [2.24, 2.45) is 0 Å². The normalized spacial score (nSPS) is 9.00. The maximum Gasteiger partial charge on any atom is 0.166 e. The average molecular weight is 727 g/mol. The molecule has 0 amide bonds. The Morgan fingerprint density at radius 3 is 0.608 bits per heavy atom. The fourth-order valence-electron chi connectivity index (χ4n) is 4.16. The molecular weight excluding hydrogens is 674 g/mol. The Balaban J connectivity index is 0.000000740. The summed E-state index contributed by atoms with van der Waals surface area (Å²) in [5.74, 6) is -0.333. The Labute approximate surface area is 312 Å². The number of alkyl halides is 2. The summed E-state index contributed by atoms with van der Waals surface area (Å²) in [5.41, 5.74) is 0. The van der Waals surface area contributed by atoms with Crippen LogP contribution in [-0.2, 0) is 21.8 Å². The summed E-state index contributed by atoms with van der Waals surface area (Å²) in [5, 5.41) is 0. The first-order valence-corrected chi connectivity index (χ1v) is 18.9. The lowest BCUT2D eigenvalue weighted by Crippen LogP contribution is -2.04. The zero-order valence-corrected chi connectivity index (χ0v) is 32.4. The highest BCUT2D eigenvalue weighted by atomic mass is 32.2. The zero-order valence-electron chi connectivity index (χ0n) is 30.8. The van der Waals surface area contributed by atoms with E-state index < -0.39 is 0 Å². The molecule has 5 heteroatoms. The van der Waals surface area contributed by atoms with E-state index >= 15 is 0 Å². The van der Waals surface area contributed by atoms with E-state index in [4.69, 9.17) is 0 Å². The van der Waals surface area contributed by atoms with Crippen LogP contribution >= 0.6 is 0 Å². The van der Waals surface area contributed by atoms with Crippen LogP contribution in [-0.4, -0.2) is 14.4 Å². The van der Waals surface area contributed by atoms with Crippen molar-refractivity contribution in [3.8, 4) is 0 Å². The molecule has 51 heavy (non-hydrogen) atoms. The van der Waals surface area contributed by atoms with Gasteiger partial charge in [-0.2, -0.15) is 0 Å². The molecule has 0 spiro atoms. The van der Waals surface area contributed by atoms with Gasteiger partial charge < -0.3 is 0 Å². The van der Waals surface area contributed by atoms with Crippen LogP contribution in [0.2, 0.25) is 0 Å². The van der Waals surface area contributed by atoms with Gasteiger partial charge in [-0.05, 0) is 86.6 Å². The fraction of sp³-hybridized carbons (Fsp3) is 0.130. The highest BCUT2D eigenvalue weighted by molar-refractivity contribution is 7.97. The van der Waals surface area contributed by atoms with Crippen LogP contribution < -0.4 is 0 Å². The van der Waals surface area contributed by atoms with Crippen molar-refractivity contribution in [2.45, 2.75) is 57.1 Å². The van der Waals surface area contributed by atoms with Crippen LogP contribution in [0.25, 0.3) is 0 Å². The topological polar surface area (TPSA) is 0 Å². The van der Waals surface area contributed by atoms with E-state index in [1.165, 1.54) is 36.3 Å². The third-order valence-corrected chi connectivity index (χ3v) is 10.3. The Hall–Kier alpha value is -4.71. The Bertz CT molecular complexity index is 1320. The van der Waals surface area contributed by atoms with E-state index in [9.17, 15) is 13.2 Å². The third-order valence-electron chi connectivity index (χ3n) is 5.87. The Kier molecular flexibility index (Phi) is 28.4. The summed E-state index contributed by atoms with van der Waals surface area (Å²) >= 11 is 0. The molecule has 0 saturated heterocycles. The minimum Gasteiger partial charge on any atom is -0.255 e. The molecule has 6 aromatic rings. The van der Waals surface area contributed by atoms with E-state index in [1.54, 1.807) is 6.08 Å². The van der Waals surface area contributed by atoms with E-state index in [-0.39, 0.29) is 27.6 Å². The van der Waals surface area contributed by atoms with Crippen molar-refractivity contribution < 1.29 is 13.2 Å². The zero-order chi connectivity index (χ0) is 38.1. The molecule has 0 aliphatic rings. The van der Waals surface area contributed by atoms with Gasteiger partial charge in [0.25, 0.3) is 0 Å². The summed E-state index contributed by atoms with van der Waals surface area (Å²) in [4.78, 5) is 8.17. The van der Waals surface area contributed by atoms with Crippen LogP contribution in [0.5, 0.6) is 0 Å². The summed E-state index contributed by atoms with van der Waals surface area (Å²) < 4.78 is 29.8. The van der Waals surface area contributed by atoms with Crippen LogP contribution in [0.3, 0.4) is 0 Å². The van der Waals surface area contributed by atoms with E-state index in [1.807, 2.05) is 20.8 Å². The quantitative estimate of drug-likeness (QED) is 0.118. The van der Waals surface area contributed by atoms with Gasteiger partial charge >= 0.3 is 0 Å². The maximum absolute atomic E-state index is 10.8. The SMILES string of the molecule is C=C(C)F.C=CC.CC.CF.CF.c1ccc([S+](c2ccccc2)c2ccccc2)cc1.c1ccc([S+](c2ccccc2)c2ccccc2)cc1. The van der Waals surface area contributed by atoms with E-state index in [0.717, 1.165) is 0 Å². The van der Waals surface area contributed by atoms with E-state index in [0.29, 0.717) is 14.4 Å². The molecule has 268 valence electrons. The number of rotatable bonds is 6. The molecule has 0 saturated carbocycles. The molecule has 0 fully saturated rings. The lowest BCUT2D eigenvalue weighted by molar-refractivity contribution is 0.635. The molecule has 0 aliphatic carbocycles. The molecule has 0 aliphatic heterocycles. The summed E-state index contributed by atoms with van der Waals surface area (Å²) in [6, 6.07) is 64.3. The van der Waals surface area contributed by atoms with Crippen molar-refractivity contribution in [2.75, 3.05) is 14.4 Å². The van der Waals surface area contributed by atoms with Gasteiger partial charge in [0.2, 0.25) is 0 Å². The molecule has 0 atom stereocenters. The number of hydrogen-bond donors (Lipinski definition) is 0. The second-order valence-corrected chi connectivity index (χ2v) is 13.6. The first-order chi connectivity index (χ1) is 25.0. The van der Waals surface area contributed by atoms with Gasteiger partial charge in [0.15, 0.2) is 29.4 Å². The van der Waals surface area contributed by atoms with Gasteiger partial charge in [0, 0.05) is 0 Å². The second kappa shape index (κ2) is 31.3. The molecule has 0 heterocycles. The molecule has 6 aromatic carbocycles. The van der Waals surface area contributed by atoms with Crippen molar-refractivity contribution in [1.29, 1.82) is 0 Å². The molecule has 0 N–H and O–H groups in total. The average Bonchev–Trinajstić information content (AvgIpc) is 3.20. The van der Waals surface area contributed by atoms with Crippen LogP contribution in [0, 0.1) is 0 Å².